The topological polar surface area (TPSA) is 82.7 Å². The van der Waals surface area contributed by atoms with E-state index in [2.05, 4.69) is 44.1 Å². The van der Waals surface area contributed by atoms with Gasteiger partial charge in [-0.25, -0.2) is 4.79 Å². The highest BCUT2D eigenvalue weighted by Gasteiger charge is 2.42. The Morgan fingerprint density at radius 1 is 0.947 bits per heavy atom. The van der Waals surface area contributed by atoms with Crippen LogP contribution in [0.2, 0.25) is 18.1 Å². The zero-order valence-electron chi connectivity index (χ0n) is 24.0. The normalized spacial score (nSPS) is 13.3. The molecule has 2 aromatic carbocycles. The summed E-state index contributed by atoms with van der Waals surface area (Å²) in [7, 11) is -2.23. The van der Waals surface area contributed by atoms with E-state index in [1.807, 2.05) is 81.4 Å². The van der Waals surface area contributed by atoms with Crippen molar-refractivity contribution >= 4 is 14.3 Å². The summed E-state index contributed by atoms with van der Waals surface area (Å²) in [4.78, 5) is 13.0. The van der Waals surface area contributed by atoms with E-state index >= 15 is 0 Å². The van der Waals surface area contributed by atoms with Gasteiger partial charge >= 0.3 is 5.97 Å². The fourth-order valence-corrected chi connectivity index (χ4v) is 4.61. The molecule has 1 heterocycles. The van der Waals surface area contributed by atoms with E-state index in [-0.39, 0.29) is 11.6 Å². The van der Waals surface area contributed by atoms with Crippen LogP contribution in [0.5, 0.6) is 5.75 Å². The van der Waals surface area contributed by atoms with Gasteiger partial charge in [-0.05, 0) is 74.8 Å². The van der Waals surface area contributed by atoms with Gasteiger partial charge in [0, 0.05) is 5.56 Å². The number of H-pyrrole nitrogens is 1. The highest BCUT2D eigenvalue weighted by molar-refractivity contribution is 6.74. The smallest absolute Gasteiger partial charge is 0.338 e. The van der Waals surface area contributed by atoms with Crippen LogP contribution in [0.1, 0.15) is 52.8 Å². The standard InChI is InChI=1S/C30H42N2O5Si/c1-29(2,3)36-28(33)27(37-38(7,8)30(4,5)6)21-35-25-16-14-23(15-17-25)26-18-24(31-32-26)20-34-19-22-12-10-9-11-13-22/h9-18,27H,19-21H2,1-8H3,(H,31,32). The molecule has 38 heavy (non-hydrogen) atoms. The number of ether oxygens (including phenoxy) is 3. The van der Waals surface area contributed by atoms with E-state index in [9.17, 15) is 4.79 Å². The second-order valence-electron chi connectivity index (χ2n) is 12.0. The highest BCUT2D eigenvalue weighted by atomic mass is 28.4. The maximum atomic E-state index is 13.0. The number of benzene rings is 2. The van der Waals surface area contributed by atoms with Crippen LogP contribution >= 0.6 is 0 Å². The monoisotopic (exact) mass is 538 g/mol. The number of rotatable bonds is 11. The minimum absolute atomic E-state index is 0.0517. The van der Waals surface area contributed by atoms with Gasteiger partial charge in [0.1, 0.15) is 18.0 Å². The fraction of sp³-hybridized carbons (Fsp3) is 0.467. The van der Waals surface area contributed by atoms with Gasteiger partial charge in [0.05, 0.1) is 24.6 Å². The predicted octanol–water partition coefficient (Wildman–Crippen LogP) is 6.90. The van der Waals surface area contributed by atoms with Crippen molar-refractivity contribution in [3.05, 3.63) is 71.9 Å². The van der Waals surface area contributed by atoms with Gasteiger partial charge in [-0.3, -0.25) is 5.10 Å². The molecular formula is C30H42N2O5Si. The van der Waals surface area contributed by atoms with Crippen molar-refractivity contribution in [1.82, 2.24) is 10.2 Å². The van der Waals surface area contributed by atoms with Crippen LogP contribution < -0.4 is 4.74 Å². The van der Waals surface area contributed by atoms with Crippen LogP contribution in [0.3, 0.4) is 0 Å². The lowest BCUT2D eigenvalue weighted by Gasteiger charge is -2.39. The van der Waals surface area contributed by atoms with Crippen LogP contribution in [0.4, 0.5) is 0 Å². The minimum atomic E-state index is -2.23. The van der Waals surface area contributed by atoms with Crippen LogP contribution in [-0.2, 0) is 31.9 Å². The van der Waals surface area contributed by atoms with Crippen molar-refractivity contribution in [3.63, 3.8) is 0 Å². The molecule has 1 atom stereocenters. The van der Waals surface area contributed by atoms with Crippen molar-refractivity contribution in [1.29, 1.82) is 0 Å². The van der Waals surface area contributed by atoms with Crippen molar-refractivity contribution in [2.24, 2.45) is 0 Å². The Morgan fingerprint density at radius 2 is 1.61 bits per heavy atom. The number of carbonyl (C=O) groups excluding carboxylic acids is 1. The molecule has 0 saturated heterocycles. The lowest BCUT2D eigenvalue weighted by atomic mass is 10.1. The first kappa shape index (κ1) is 29.6. The third-order valence-electron chi connectivity index (χ3n) is 6.46. The summed E-state index contributed by atoms with van der Waals surface area (Å²) < 4.78 is 23.8. The Hall–Kier alpha value is -2.94. The number of esters is 1. The lowest BCUT2D eigenvalue weighted by Crippen LogP contribution is -2.49. The molecule has 0 aliphatic carbocycles. The molecule has 0 saturated carbocycles. The molecule has 0 bridgehead atoms. The molecule has 1 N–H and O–H groups in total. The second kappa shape index (κ2) is 12.3. The fourth-order valence-electron chi connectivity index (χ4n) is 3.38. The van der Waals surface area contributed by atoms with E-state index in [0.717, 1.165) is 22.5 Å². The lowest BCUT2D eigenvalue weighted by molar-refractivity contribution is -0.165. The number of hydrogen-bond acceptors (Lipinski definition) is 6. The Morgan fingerprint density at radius 3 is 2.21 bits per heavy atom. The maximum Gasteiger partial charge on any atom is 0.338 e. The third kappa shape index (κ3) is 8.82. The van der Waals surface area contributed by atoms with Gasteiger partial charge in [-0.1, -0.05) is 51.1 Å². The molecule has 0 aliphatic rings. The minimum Gasteiger partial charge on any atom is -0.490 e. The summed E-state index contributed by atoms with van der Waals surface area (Å²) in [5.41, 5.74) is 3.19. The van der Waals surface area contributed by atoms with E-state index in [4.69, 9.17) is 18.6 Å². The van der Waals surface area contributed by atoms with Gasteiger partial charge in [0.15, 0.2) is 14.4 Å². The summed E-state index contributed by atoms with van der Waals surface area (Å²) >= 11 is 0. The quantitative estimate of drug-likeness (QED) is 0.211. The van der Waals surface area contributed by atoms with Crippen molar-refractivity contribution < 1.29 is 23.4 Å². The van der Waals surface area contributed by atoms with Gasteiger partial charge in [0.2, 0.25) is 0 Å². The Balaban J connectivity index is 1.60. The molecule has 8 heteroatoms. The third-order valence-corrected chi connectivity index (χ3v) is 11.0. The zero-order chi connectivity index (χ0) is 28.0. The molecule has 1 aromatic heterocycles. The molecule has 0 amide bonds. The predicted molar refractivity (Wildman–Crippen MR) is 152 cm³/mol. The van der Waals surface area contributed by atoms with E-state index in [1.165, 1.54) is 0 Å². The molecule has 3 aromatic rings. The number of aromatic amines is 1. The summed E-state index contributed by atoms with van der Waals surface area (Å²) in [6.45, 7) is 17.3. The number of carbonyl (C=O) groups is 1. The number of nitrogens with zero attached hydrogens (tertiary/aromatic N) is 1. The van der Waals surface area contributed by atoms with E-state index in [1.54, 1.807) is 0 Å². The molecule has 0 radical (unpaired) electrons. The molecule has 0 aliphatic heterocycles. The Bertz CT molecular complexity index is 1160. The summed E-state index contributed by atoms with van der Waals surface area (Å²) in [6.07, 6.45) is -0.806. The average Bonchev–Trinajstić information content (AvgIpc) is 3.30. The summed E-state index contributed by atoms with van der Waals surface area (Å²) in [5.74, 6) is 0.237. The van der Waals surface area contributed by atoms with E-state index < -0.39 is 26.0 Å². The summed E-state index contributed by atoms with van der Waals surface area (Å²) in [6, 6.07) is 19.7. The van der Waals surface area contributed by atoms with Crippen molar-refractivity contribution in [2.45, 2.75) is 84.6 Å². The highest BCUT2D eigenvalue weighted by Crippen LogP contribution is 2.37. The molecule has 0 spiro atoms. The zero-order valence-corrected chi connectivity index (χ0v) is 25.0. The Labute approximate surface area is 228 Å². The molecule has 3 rings (SSSR count). The first-order valence-corrected chi connectivity index (χ1v) is 15.9. The molecule has 7 nitrogen and oxygen atoms in total. The largest absolute Gasteiger partial charge is 0.490 e. The van der Waals surface area contributed by atoms with Gasteiger partial charge in [-0.2, -0.15) is 5.10 Å². The molecule has 0 fully saturated rings. The van der Waals surface area contributed by atoms with Crippen molar-refractivity contribution in [2.75, 3.05) is 6.61 Å². The molecule has 1 unspecified atom stereocenters. The first-order valence-electron chi connectivity index (χ1n) is 13.0. The SMILES string of the molecule is CC(C)(C)OC(=O)C(COc1ccc(-c2cc(COCc3ccccc3)[nH]n2)cc1)O[Si](C)(C)C(C)(C)C. The van der Waals surface area contributed by atoms with E-state index in [0.29, 0.717) is 19.0 Å². The van der Waals surface area contributed by atoms with Crippen LogP contribution in [0.25, 0.3) is 11.3 Å². The maximum absolute atomic E-state index is 13.0. The van der Waals surface area contributed by atoms with Crippen LogP contribution in [0, 0.1) is 0 Å². The van der Waals surface area contributed by atoms with Crippen molar-refractivity contribution in [3.8, 4) is 17.0 Å². The number of nitrogens with one attached hydrogen (secondary N) is 1. The summed E-state index contributed by atoms with van der Waals surface area (Å²) in [5, 5.41) is 7.40. The van der Waals surface area contributed by atoms with Crippen LogP contribution in [0.15, 0.2) is 60.7 Å². The van der Waals surface area contributed by atoms with Gasteiger partial charge in [0.25, 0.3) is 0 Å². The number of aromatic nitrogens is 2. The number of hydrogen-bond donors (Lipinski definition) is 1. The average molecular weight is 539 g/mol. The van der Waals surface area contributed by atoms with Gasteiger partial charge in [-0.15, -0.1) is 0 Å². The molecule has 206 valence electrons. The Kier molecular flexibility index (Phi) is 9.57. The first-order chi connectivity index (χ1) is 17.7. The molecular weight excluding hydrogens is 496 g/mol. The van der Waals surface area contributed by atoms with Crippen LogP contribution in [-0.4, -0.2) is 42.8 Å². The van der Waals surface area contributed by atoms with Gasteiger partial charge < -0.3 is 18.6 Å². The second-order valence-corrected chi connectivity index (χ2v) is 16.7.